The number of rotatable bonds is 9. The summed E-state index contributed by atoms with van der Waals surface area (Å²) in [5.41, 5.74) is 2.79. The van der Waals surface area contributed by atoms with Crippen LogP contribution in [0.2, 0.25) is 0 Å². The van der Waals surface area contributed by atoms with Crippen LogP contribution in [0.5, 0.6) is 0 Å². The van der Waals surface area contributed by atoms with E-state index in [1.165, 1.54) is 30.5 Å². The molecule has 2 aromatic rings. The average molecular weight is 296 g/mol. The molecule has 2 aromatic carbocycles. The van der Waals surface area contributed by atoms with Gasteiger partial charge in [0.15, 0.2) is 0 Å². The van der Waals surface area contributed by atoms with Crippen molar-refractivity contribution in [2.45, 2.75) is 25.9 Å². The van der Waals surface area contributed by atoms with Crippen LogP contribution < -0.4 is 0 Å². The molecule has 0 radical (unpaired) electrons. The van der Waals surface area contributed by atoms with Crippen molar-refractivity contribution in [1.82, 2.24) is 9.80 Å². The summed E-state index contributed by atoms with van der Waals surface area (Å²) in [5.74, 6) is 0. The average Bonchev–Trinajstić information content (AvgIpc) is 2.53. The molecule has 0 bridgehead atoms. The second kappa shape index (κ2) is 9.39. The van der Waals surface area contributed by atoms with E-state index >= 15 is 0 Å². The topological polar surface area (TPSA) is 6.48 Å². The molecule has 2 rings (SSSR count). The lowest BCUT2D eigenvalue weighted by Crippen LogP contribution is -2.25. The van der Waals surface area contributed by atoms with Gasteiger partial charge in [-0.3, -0.25) is 4.90 Å². The van der Waals surface area contributed by atoms with Gasteiger partial charge < -0.3 is 4.90 Å². The van der Waals surface area contributed by atoms with Crippen LogP contribution in [-0.2, 0) is 13.1 Å². The van der Waals surface area contributed by atoms with E-state index in [1.54, 1.807) is 0 Å². The number of unbranched alkanes of at least 4 members (excludes halogenated alkanes) is 1. The van der Waals surface area contributed by atoms with Crippen LogP contribution in [0.1, 0.15) is 24.0 Å². The zero-order chi connectivity index (χ0) is 15.6. The summed E-state index contributed by atoms with van der Waals surface area (Å²) >= 11 is 0. The molecule has 0 aliphatic carbocycles. The van der Waals surface area contributed by atoms with Gasteiger partial charge in [-0.25, -0.2) is 0 Å². The molecule has 0 aromatic heterocycles. The van der Waals surface area contributed by atoms with Crippen molar-refractivity contribution in [3.63, 3.8) is 0 Å². The highest BCUT2D eigenvalue weighted by Gasteiger charge is 2.07. The molecule has 22 heavy (non-hydrogen) atoms. The monoisotopic (exact) mass is 296 g/mol. The van der Waals surface area contributed by atoms with E-state index in [2.05, 4.69) is 84.6 Å². The zero-order valence-corrected chi connectivity index (χ0v) is 13.9. The molecule has 0 atom stereocenters. The minimum absolute atomic E-state index is 1.03. The summed E-state index contributed by atoms with van der Waals surface area (Å²) in [5, 5.41) is 0. The zero-order valence-electron chi connectivity index (χ0n) is 13.9. The predicted octanol–water partition coefficient (Wildman–Crippen LogP) is 4.03. The van der Waals surface area contributed by atoms with E-state index in [4.69, 9.17) is 0 Å². The molecular weight excluding hydrogens is 268 g/mol. The molecule has 0 N–H and O–H groups in total. The summed E-state index contributed by atoms with van der Waals surface area (Å²) < 4.78 is 0. The molecule has 0 spiro atoms. The second-order valence-corrected chi connectivity index (χ2v) is 6.19. The van der Waals surface area contributed by atoms with E-state index in [0.717, 1.165) is 19.6 Å². The smallest absolute Gasteiger partial charge is 0.0237 e. The van der Waals surface area contributed by atoms with Crippen molar-refractivity contribution in [1.29, 1.82) is 0 Å². The van der Waals surface area contributed by atoms with Crippen molar-refractivity contribution in [3.8, 4) is 0 Å². The first kappa shape index (κ1) is 16.7. The summed E-state index contributed by atoms with van der Waals surface area (Å²) in [6.07, 6.45) is 2.50. The minimum atomic E-state index is 1.03. The lowest BCUT2D eigenvalue weighted by molar-refractivity contribution is 0.246. The highest BCUT2D eigenvalue weighted by molar-refractivity contribution is 5.17. The van der Waals surface area contributed by atoms with Gasteiger partial charge in [-0.05, 0) is 51.2 Å². The fourth-order valence-corrected chi connectivity index (χ4v) is 2.66. The van der Waals surface area contributed by atoms with E-state index in [1.807, 2.05) is 0 Å². The molecular formula is C20H28N2. The van der Waals surface area contributed by atoms with Crippen LogP contribution in [0.3, 0.4) is 0 Å². The summed E-state index contributed by atoms with van der Waals surface area (Å²) in [6, 6.07) is 21.6. The Labute approximate surface area is 135 Å². The van der Waals surface area contributed by atoms with Crippen LogP contribution in [-0.4, -0.2) is 37.0 Å². The van der Waals surface area contributed by atoms with E-state index in [0.29, 0.717) is 0 Å². The first-order valence-corrected chi connectivity index (χ1v) is 8.19. The molecule has 0 heterocycles. The Bertz CT molecular complexity index is 466. The molecule has 0 saturated heterocycles. The Balaban J connectivity index is 1.91. The standard InChI is InChI=1S/C20H28N2/c1-21(2)15-9-10-16-22(17-19-11-5-3-6-12-19)18-20-13-7-4-8-14-20/h3-8,11-14H,9-10,15-18H2,1-2H3. The number of hydrogen-bond donors (Lipinski definition) is 0. The third-order valence-electron chi connectivity index (χ3n) is 3.83. The van der Waals surface area contributed by atoms with Gasteiger partial charge in [0.2, 0.25) is 0 Å². The molecule has 0 amide bonds. The molecule has 118 valence electrons. The van der Waals surface area contributed by atoms with Gasteiger partial charge in [0, 0.05) is 13.1 Å². The van der Waals surface area contributed by atoms with Gasteiger partial charge in [-0.1, -0.05) is 60.7 Å². The van der Waals surface area contributed by atoms with Gasteiger partial charge in [0.05, 0.1) is 0 Å². The highest BCUT2D eigenvalue weighted by atomic mass is 15.1. The largest absolute Gasteiger partial charge is 0.309 e. The molecule has 0 aliphatic rings. The van der Waals surface area contributed by atoms with Crippen LogP contribution >= 0.6 is 0 Å². The predicted molar refractivity (Wildman–Crippen MR) is 94.8 cm³/mol. The van der Waals surface area contributed by atoms with Gasteiger partial charge in [0.1, 0.15) is 0 Å². The first-order chi connectivity index (χ1) is 10.7. The Morgan fingerprint density at radius 3 is 1.55 bits per heavy atom. The Kier molecular flexibility index (Phi) is 7.14. The maximum Gasteiger partial charge on any atom is 0.0237 e. The highest BCUT2D eigenvalue weighted by Crippen LogP contribution is 2.11. The lowest BCUT2D eigenvalue weighted by atomic mass is 10.1. The third kappa shape index (κ3) is 6.42. The minimum Gasteiger partial charge on any atom is -0.309 e. The fourth-order valence-electron chi connectivity index (χ4n) is 2.66. The first-order valence-electron chi connectivity index (χ1n) is 8.19. The van der Waals surface area contributed by atoms with Gasteiger partial charge in [0.25, 0.3) is 0 Å². The molecule has 0 unspecified atom stereocenters. The number of nitrogens with zero attached hydrogens (tertiary/aromatic N) is 2. The molecule has 0 saturated carbocycles. The van der Waals surface area contributed by atoms with Gasteiger partial charge in [-0.15, -0.1) is 0 Å². The quantitative estimate of drug-likeness (QED) is 0.645. The summed E-state index contributed by atoms with van der Waals surface area (Å²) in [7, 11) is 4.29. The van der Waals surface area contributed by atoms with E-state index in [-0.39, 0.29) is 0 Å². The van der Waals surface area contributed by atoms with Crippen molar-refractivity contribution < 1.29 is 0 Å². The normalized spacial score (nSPS) is 11.3. The van der Waals surface area contributed by atoms with Crippen molar-refractivity contribution in [3.05, 3.63) is 71.8 Å². The molecule has 2 nitrogen and oxygen atoms in total. The Morgan fingerprint density at radius 2 is 1.09 bits per heavy atom. The van der Waals surface area contributed by atoms with Crippen molar-refractivity contribution in [2.75, 3.05) is 27.2 Å². The maximum atomic E-state index is 2.56. The van der Waals surface area contributed by atoms with Crippen LogP contribution in [0.15, 0.2) is 60.7 Å². The number of benzene rings is 2. The van der Waals surface area contributed by atoms with Crippen molar-refractivity contribution >= 4 is 0 Å². The second-order valence-electron chi connectivity index (χ2n) is 6.19. The van der Waals surface area contributed by atoms with E-state index < -0.39 is 0 Å². The van der Waals surface area contributed by atoms with Crippen LogP contribution in [0.4, 0.5) is 0 Å². The van der Waals surface area contributed by atoms with Gasteiger partial charge in [-0.2, -0.15) is 0 Å². The molecule has 0 aliphatic heterocycles. The summed E-state index contributed by atoms with van der Waals surface area (Å²) in [6.45, 7) is 4.37. The molecule has 0 fully saturated rings. The van der Waals surface area contributed by atoms with Crippen molar-refractivity contribution in [2.24, 2.45) is 0 Å². The Morgan fingerprint density at radius 1 is 0.636 bits per heavy atom. The Hall–Kier alpha value is -1.64. The van der Waals surface area contributed by atoms with E-state index in [9.17, 15) is 0 Å². The maximum absolute atomic E-state index is 2.56. The number of hydrogen-bond acceptors (Lipinski definition) is 2. The lowest BCUT2D eigenvalue weighted by Gasteiger charge is -2.23. The van der Waals surface area contributed by atoms with Crippen LogP contribution in [0, 0.1) is 0 Å². The summed E-state index contributed by atoms with van der Waals surface area (Å²) in [4.78, 5) is 4.82. The fraction of sp³-hybridized carbons (Fsp3) is 0.400. The third-order valence-corrected chi connectivity index (χ3v) is 3.83. The van der Waals surface area contributed by atoms with Gasteiger partial charge >= 0.3 is 0 Å². The SMILES string of the molecule is CN(C)CCCCN(Cc1ccccc1)Cc1ccccc1. The molecule has 2 heteroatoms. The van der Waals surface area contributed by atoms with Crippen LogP contribution in [0.25, 0.3) is 0 Å².